The topological polar surface area (TPSA) is 29.1 Å². The lowest BCUT2D eigenvalue weighted by Gasteiger charge is -2.04. The Labute approximate surface area is 74.6 Å². The van der Waals surface area contributed by atoms with Crippen molar-refractivity contribution in [2.75, 3.05) is 0 Å². The highest BCUT2D eigenvalue weighted by molar-refractivity contribution is 5.85. The molecule has 0 unspecified atom stereocenters. The third-order valence-electron chi connectivity index (χ3n) is 0.771. The summed E-state index contributed by atoms with van der Waals surface area (Å²) in [5, 5.41) is 2.75. The van der Waals surface area contributed by atoms with Gasteiger partial charge < -0.3 is 5.32 Å². The number of carbonyl (C=O) groups is 1. The lowest BCUT2D eigenvalue weighted by atomic mass is 10.3. The van der Waals surface area contributed by atoms with E-state index in [1.165, 1.54) is 0 Å². The van der Waals surface area contributed by atoms with Crippen LogP contribution in [0.2, 0.25) is 0 Å². The van der Waals surface area contributed by atoms with Crippen LogP contribution in [0, 0.1) is 0 Å². The molecule has 10 heavy (non-hydrogen) atoms. The first kappa shape index (κ1) is 16.6. The van der Waals surface area contributed by atoms with Crippen molar-refractivity contribution >= 4 is 30.7 Å². The molecule has 0 fully saturated rings. The first-order valence-corrected chi connectivity index (χ1v) is 2.96. The maximum absolute atomic E-state index is 10.5. The van der Waals surface area contributed by atoms with Gasteiger partial charge in [0.15, 0.2) is 0 Å². The molecule has 0 aliphatic rings. The van der Waals surface area contributed by atoms with Crippen LogP contribution in [-0.2, 0) is 4.79 Å². The molecule has 0 radical (unpaired) electrons. The quantitative estimate of drug-likeness (QED) is 0.702. The number of hydrogen-bond donors (Lipinski definition) is 1. The van der Waals surface area contributed by atoms with Gasteiger partial charge in [-0.25, -0.2) is 0 Å². The maximum atomic E-state index is 10.5. The number of rotatable bonds is 2. The second kappa shape index (κ2) is 9.05. The molecule has 0 heterocycles. The van der Waals surface area contributed by atoms with E-state index in [0.29, 0.717) is 6.42 Å². The van der Waals surface area contributed by atoms with Gasteiger partial charge in [-0.05, 0) is 13.8 Å². The Hall–Kier alpha value is 0.0500. The number of carbonyl (C=O) groups excluding carboxylic acids is 1. The third kappa shape index (κ3) is 10.9. The average molecular weight is 188 g/mol. The normalized spacial score (nSPS) is 7.60. The van der Waals surface area contributed by atoms with Gasteiger partial charge in [-0.2, -0.15) is 0 Å². The van der Waals surface area contributed by atoms with E-state index in [4.69, 9.17) is 0 Å². The highest BCUT2D eigenvalue weighted by Gasteiger charge is 1.96. The van der Waals surface area contributed by atoms with Gasteiger partial charge in [0.2, 0.25) is 5.91 Å². The van der Waals surface area contributed by atoms with E-state index in [2.05, 4.69) is 5.32 Å². The molecule has 0 spiro atoms. The fourth-order valence-electron chi connectivity index (χ4n) is 0.424. The van der Waals surface area contributed by atoms with E-state index in [1.807, 2.05) is 20.8 Å². The van der Waals surface area contributed by atoms with Gasteiger partial charge in [-0.15, -0.1) is 24.8 Å². The van der Waals surface area contributed by atoms with E-state index in [0.717, 1.165) is 0 Å². The Balaban J connectivity index is -0.000000245. The first-order valence-electron chi connectivity index (χ1n) is 2.96. The summed E-state index contributed by atoms with van der Waals surface area (Å²) in [5.74, 6) is 0.125. The lowest BCUT2D eigenvalue weighted by Crippen LogP contribution is -2.29. The van der Waals surface area contributed by atoms with Crippen LogP contribution in [0.1, 0.15) is 27.2 Å². The van der Waals surface area contributed by atoms with Crippen LogP contribution in [0.15, 0.2) is 0 Å². The molecule has 1 N–H and O–H groups in total. The van der Waals surface area contributed by atoms with E-state index in [-0.39, 0.29) is 36.8 Å². The summed E-state index contributed by atoms with van der Waals surface area (Å²) in [5.41, 5.74) is 0. The molecule has 0 atom stereocenters. The molecular weight excluding hydrogens is 173 g/mol. The Morgan fingerprint density at radius 2 is 1.80 bits per heavy atom. The molecule has 0 rings (SSSR count). The van der Waals surface area contributed by atoms with E-state index >= 15 is 0 Å². The second-order valence-corrected chi connectivity index (χ2v) is 2.08. The van der Waals surface area contributed by atoms with Crippen LogP contribution in [-0.4, -0.2) is 11.9 Å². The predicted molar refractivity (Wildman–Crippen MR) is 48.1 cm³/mol. The molecule has 0 aromatic heterocycles. The van der Waals surface area contributed by atoms with Crippen LogP contribution < -0.4 is 5.32 Å². The molecule has 0 aliphatic heterocycles. The minimum atomic E-state index is 0. The summed E-state index contributed by atoms with van der Waals surface area (Å²) < 4.78 is 0. The lowest BCUT2D eigenvalue weighted by molar-refractivity contribution is -0.121. The summed E-state index contributed by atoms with van der Waals surface area (Å²) in [7, 11) is 0. The average Bonchev–Trinajstić information content (AvgIpc) is 1.65. The van der Waals surface area contributed by atoms with E-state index in [9.17, 15) is 4.79 Å². The van der Waals surface area contributed by atoms with Crippen LogP contribution >= 0.6 is 24.8 Å². The van der Waals surface area contributed by atoms with Gasteiger partial charge in [0.05, 0.1) is 0 Å². The van der Waals surface area contributed by atoms with Crippen molar-refractivity contribution in [1.82, 2.24) is 5.32 Å². The standard InChI is InChI=1S/C6H13NO.2ClH/c1-4-6(8)7-5(2)3;;/h5H,4H2,1-3H3,(H,7,8);2*1H. The SMILES string of the molecule is CCC(=O)NC(C)C.Cl.Cl. The molecule has 0 aromatic rings. The van der Waals surface area contributed by atoms with E-state index in [1.54, 1.807) is 0 Å². The summed E-state index contributed by atoms with van der Waals surface area (Å²) in [6.45, 7) is 5.75. The maximum Gasteiger partial charge on any atom is 0.219 e. The van der Waals surface area contributed by atoms with Gasteiger partial charge in [0, 0.05) is 12.5 Å². The second-order valence-electron chi connectivity index (χ2n) is 2.08. The zero-order chi connectivity index (χ0) is 6.57. The minimum absolute atomic E-state index is 0. The summed E-state index contributed by atoms with van der Waals surface area (Å²) in [6.07, 6.45) is 0.582. The van der Waals surface area contributed by atoms with Crippen molar-refractivity contribution in [2.45, 2.75) is 33.2 Å². The summed E-state index contributed by atoms with van der Waals surface area (Å²) in [6, 6.07) is 0.280. The number of halogens is 2. The van der Waals surface area contributed by atoms with Crippen molar-refractivity contribution < 1.29 is 4.79 Å². The van der Waals surface area contributed by atoms with Crippen molar-refractivity contribution in [3.05, 3.63) is 0 Å². The zero-order valence-electron chi connectivity index (χ0n) is 6.51. The first-order chi connectivity index (χ1) is 3.66. The fourth-order valence-corrected chi connectivity index (χ4v) is 0.424. The zero-order valence-corrected chi connectivity index (χ0v) is 8.14. The molecule has 4 heteroatoms. The molecular formula is C6H15Cl2NO. The van der Waals surface area contributed by atoms with Gasteiger partial charge in [0.25, 0.3) is 0 Å². The van der Waals surface area contributed by atoms with Gasteiger partial charge in [-0.1, -0.05) is 6.92 Å². The fraction of sp³-hybridized carbons (Fsp3) is 0.833. The van der Waals surface area contributed by atoms with Crippen LogP contribution in [0.4, 0.5) is 0 Å². The molecule has 0 saturated carbocycles. The molecule has 0 saturated heterocycles. The van der Waals surface area contributed by atoms with Gasteiger partial charge in [-0.3, -0.25) is 4.79 Å². The molecule has 0 aliphatic carbocycles. The Morgan fingerprint density at radius 3 is 1.90 bits per heavy atom. The number of nitrogens with one attached hydrogen (secondary N) is 1. The number of amides is 1. The highest BCUT2D eigenvalue weighted by atomic mass is 35.5. The van der Waals surface area contributed by atoms with Crippen molar-refractivity contribution in [1.29, 1.82) is 0 Å². The Kier molecular flexibility index (Phi) is 15.0. The summed E-state index contributed by atoms with van der Waals surface area (Å²) in [4.78, 5) is 10.5. The smallest absolute Gasteiger partial charge is 0.219 e. The van der Waals surface area contributed by atoms with Crippen molar-refractivity contribution in [3.8, 4) is 0 Å². The molecule has 0 aromatic carbocycles. The van der Waals surface area contributed by atoms with Gasteiger partial charge >= 0.3 is 0 Å². The molecule has 1 amide bonds. The van der Waals surface area contributed by atoms with Gasteiger partial charge in [0.1, 0.15) is 0 Å². The van der Waals surface area contributed by atoms with Crippen molar-refractivity contribution in [3.63, 3.8) is 0 Å². The number of hydrogen-bond acceptors (Lipinski definition) is 1. The van der Waals surface area contributed by atoms with Crippen LogP contribution in [0.25, 0.3) is 0 Å². The van der Waals surface area contributed by atoms with Crippen LogP contribution in [0.3, 0.4) is 0 Å². The monoisotopic (exact) mass is 187 g/mol. The molecule has 0 bridgehead atoms. The highest BCUT2D eigenvalue weighted by Crippen LogP contribution is 1.79. The third-order valence-corrected chi connectivity index (χ3v) is 0.771. The predicted octanol–water partition coefficient (Wildman–Crippen LogP) is 1.76. The van der Waals surface area contributed by atoms with Crippen LogP contribution in [0.5, 0.6) is 0 Å². The Morgan fingerprint density at radius 1 is 1.40 bits per heavy atom. The largest absolute Gasteiger partial charge is 0.354 e. The van der Waals surface area contributed by atoms with E-state index < -0.39 is 0 Å². The van der Waals surface area contributed by atoms with Crippen molar-refractivity contribution in [2.24, 2.45) is 0 Å². The minimum Gasteiger partial charge on any atom is -0.354 e. The summed E-state index contributed by atoms with van der Waals surface area (Å²) >= 11 is 0. The molecule has 64 valence electrons. The Bertz CT molecular complexity index is 85.8. The molecule has 2 nitrogen and oxygen atoms in total.